The van der Waals surface area contributed by atoms with Gasteiger partial charge in [0.15, 0.2) is 0 Å². The van der Waals surface area contributed by atoms with Gasteiger partial charge in [-0.05, 0) is 64.9 Å². The molecule has 1 aromatic heterocycles. The normalized spacial score (nSPS) is 10.9. The standard InChI is InChI=1S/C23H16N2O4/c26-22(19-10-9-17-4-1-2-5-18(17)14-19)25-24-15-16-7-11-20(12-8-16)29-23(27)21-6-3-13-28-21/h1-15H,(H,25,26)/b24-15-. The summed E-state index contributed by atoms with van der Waals surface area (Å²) >= 11 is 0. The zero-order valence-corrected chi connectivity index (χ0v) is 15.2. The van der Waals surface area contributed by atoms with E-state index in [9.17, 15) is 9.59 Å². The van der Waals surface area contributed by atoms with Crippen molar-refractivity contribution in [3.8, 4) is 5.75 Å². The van der Waals surface area contributed by atoms with Gasteiger partial charge in [0.1, 0.15) is 5.75 Å². The Hall–Kier alpha value is -4.19. The molecule has 4 aromatic rings. The summed E-state index contributed by atoms with van der Waals surface area (Å²) in [5.41, 5.74) is 3.78. The number of ether oxygens (including phenoxy) is 1. The molecule has 3 aromatic carbocycles. The molecule has 0 aliphatic carbocycles. The fraction of sp³-hybridized carbons (Fsp3) is 0. The molecular formula is C23H16N2O4. The molecule has 0 radical (unpaired) electrons. The highest BCUT2D eigenvalue weighted by Crippen LogP contribution is 2.16. The van der Waals surface area contributed by atoms with Crippen LogP contribution in [-0.2, 0) is 0 Å². The van der Waals surface area contributed by atoms with Gasteiger partial charge in [-0.2, -0.15) is 5.10 Å². The molecule has 0 spiro atoms. The number of hydrazone groups is 1. The monoisotopic (exact) mass is 384 g/mol. The molecule has 6 nitrogen and oxygen atoms in total. The molecule has 0 fully saturated rings. The number of hydrogen-bond donors (Lipinski definition) is 1. The first kappa shape index (κ1) is 18.2. The molecule has 29 heavy (non-hydrogen) atoms. The molecule has 0 bridgehead atoms. The van der Waals surface area contributed by atoms with Gasteiger partial charge in [-0.25, -0.2) is 10.2 Å². The van der Waals surface area contributed by atoms with Crippen LogP contribution in [0.15, 0.2) is 94.6 Å². The first-order valence-electron chi connectivity index (χ1n) is 8.87. The predicted octanol–water partition coefficient (Wildman–Crippen LogP) is 4.42. The van der Waals surface area contributed by atoms with E-state index >= 15 is 0 Å². The topological polar surface area (TPSA) is 80.9 Å². The molecule has 0 aliphatic heterocycles. The highest BCUT2D eigenvalue weighted by atomic mass is 16.5. The molecule has 0 unspecified atom stereocenters. The molecule has 0 aliphatic rings. The van der Waals surface area contributed by atoms with Crippen LogP contribution in [0.5, 0.6) is 5.75 Å². The van der Waals surface area contributed by atoms with Crippen molar-refractivity contribution in [1.82, 2.24) is 5.43 Å². The lowest BCUT2D eigenvalue weighted by Crippen LogP contribution is -2.17. The molecule has 1 amide bonds. The third-order valence-corrected chi connectivity index (χ3v) is 4.20. The van der Waals surface area contributed by atoms with Gasteiger partial charge < -0.3 is 9.15 Å². The van der Waals surface area contributed by atoms with E-state index in [2.05, 4.69) is 10.5 Å². The van der Waals surface area contributed by atoms with Gasteiger partial charge in [0.05, 0.1) is 12.5 Å². The van der Waals surface area contributed by atoms with E-state index in [0.717, 1.165) is 16.3 Å². The van der Waals surface area contributed by atoms with Gasteiger partial charge >= 0.3 is 5.97 Å². The van der Waals surface area contributed by atoms with Gasteiger partial charge in [0.2, 0.25) is 5.76 Å². The number of nitrogens with one attached hydrogen (secondary N) is 1. The molecule has 4 rings (SSSR count). The van der Waals surface area contributed by atoms with Gasteiger partial charge in [0, 0.05) is 5.56 Å². The average molecular weight is 384 g/mol. The molecular weight excluding hydrogens is 368 g/mol. The number of nitrogens with zero attached hydrogens (tertiary/aromatic N) is 1. The van der Waals surface area contributed by atoms with E-state index in [0.29, 0.717) is 11.3 Å². The maximum atomic E-state index is 12.3. The quantitative estimate of drug-likeness (QED) is 0.239. The average Bonchev–Trinajstić information content (AvgIpc) is 3.30. The Morgan fingerprint density at radius 3 is 2.45 bits per heavy atom. The van der Waals surface area contributed by atoms with Crippen molar-refractivity contribution in [1.29, 1.82) is 0 Å². The minimum Gasteiger partial charge on any atom is -0.457 e. The summed E-state index contributed by atoms with van der Waals surface area (Å²) in [6.07, 6.45) is 2.92. The lowest BCUT2D eigenvalue weighted by molar-refractivity contribution is 0.0701. The fourth-order valence-electron chi connectivity index (χ4n) is 2.73. The van der Waals surface area contributed by atoms with Crippen molar-refractivity contribution in [2.75, 3.05) is 0 Å². The number of benzene rings is 3. The lowest BCUT2D eigenvalue weighted by atomic mass is 10.1. The summed E-state index contributed by atoms with van der Waals surface area (Å²) in [4.78, 5) is 24.1. The molecule has 0 saturated heterocycles. The largest absolute Gasteiger partial charge is 0.457 e. The second-order valence-corrected chi connectivity index (χ2v) is 6.20. The number of furan rings is 1. The zero-order valence-electron chi connectivity index (χ0n) is 15.2. The molecule has 6 heteroatoms. The number of rotatable bonds is 5. The van der Waals surface area contributed by atoms with E-state index in [-0.39, 0.29) is 11.7 Å². The summed E-state index contributed by atoms with van der Waals surface area (Å²) in [7, 11) is 0. The highest BCUT2D eigenvalue weighted by Gasteiger charge is 2.11. The molecule has 142 valence electrons. The predicted molar refractivity (Wildman–Crippen MR) is 109 cm³/mol. The number of hydrogen-bond acceptors (Lipinski definition) is 5. The Balaban J connectivity index is 1.36. The highest BCUT2D eigenvalue weighted by molar-refractivity contribution is 5.99. The Bertz CT molecular complexity index is 1180. The van der Waals surface area contributed by atoms with E-state index in [1.165, 1.54) is 18.5 Å². The van der Waals surface area contributed by atoms with Gasteiger partial charge in [0.25, 0.3) is 5.91 Å². The molecule has 0 saturated carbocycles. The minimum atomic E-state index is -0.570. The van der Waals surface area contributed by atoms with Crippen molar-refractivity contribution < 1.29 is 18.7 Å². The van der Waals surface area contributed by atoms with Crippen LogP contribution in [0, 0.1) is 0 Å². The second kappa shape index (κ2) is 8.22. The SMILES string of the molecule is O=C(N/N=C\c1ccc(OC(=O)c2ccco2)cc1)c1ccc2ccccc2c1. The van der Waals surface area contributed by atoms with Crippen molar-refractivity contribution in [2.45, 2.75) is 0 Å². The number of esters is 1. The Morgan fingerprint density at radius 2 is 1.69 bits per heavy atom. The van der Waals surface area contributed by atoms with Crippen LogP contribution in [0.2, 0.25) is 0 Å². The van der Waals surface area contributed by atoms with E-state index in [1.54, 1.807) is 36.4 Å². The van der Waals surface area contributed by atoms with Gasteiger partial charge in [-0.3, -0.25) is 4.79 Å². The molecule has 1 N–H and O–H groups in total. The van der Waals surface area contributed by atoms with Crippen LogP contribution in [-0.4, -0.2) is 18.1 Å². The van der Waals surface area contributed by atoms with Gasteiger partial charge in [-0.15, -0.1) is 0 Å². The summed E-state index contributed by atoms with van der Waals surface area (Å²) in [6.45, 7) is 0. The van der Waals surface area contributed by atoms with Crippen molar-refractivity contribution in [2.24, 2.45) is 5.10 Å². The van der Waals surface area contributed by atoms with Crippen LogP contribution >= 0.6 is 0 Å². The summed E-state index contributed by atoms with van der Waals surface area (Å²) in [6, 6.07) is 23.2. The van der Waals surface area contributed by atoms with Crippen LogP contribution in [0.3, 0.4) is 0 Å². The van der Waals surface area contributed by atoms with Crippen molar-refractivity contribution in [3.05, 3.63) is 102 Å². The fourth-order valence-corrected chi connectivity index (χ4v) is 2.73. The number of fused-ring (bicyclic) bond motifs is 1. The third kappa shape index (κ3) is 4.39. The second-order valence-electron chi connectivity index (χ2n) is 6.20. The number of amides is 1. The number of carbonyl (C=O) groups excluding carboxylic acids is 2. The first-order valence-corrected chi connectivity index (χ1v) is 8.87. The Kier molecular flexibility index (Phi) is 5.16. The molecule has 0 atom stereocenters. The van der Waals surface area contributed by atoms with E-state index < -0.39 is 5.97 Å². The zero-order chi connectivity index (χ0) is 20.1. The summed E-state index contributed by atoms with van der Waals surface area (Å²) < 4.78 is 10.2. The van der Waals surface area contributed by atoms with E-state index in [1.807, 2.05) is 36.4 Å². The van der Waals surface area contributed by atoms with Crippen LogP contribution in [0.4, 0.5) is 0 Å². The Morgan fingerprint density at radius 1 is 0.897 bits per heavy atom. The van der Waals surface area contributed by atoms with Crippen LogP contribution in [0.1, 0.15) is 26.5 Å². The van der Waals surface area contributed by atoms with Crippen LogP contribution in [0.25, 0.3) is 10.8 Å². The van der Waals surface area contributed by atoms with Crippen molar-refractivity contribution >= 4 is 28.9 Å². The van der Waals surface area contributed by atoms with E-state index in [4.69, 9.17) is 9.15 Å². The number of carbonyl (C=O) groups is 2. The smallest absolute Gasteiger partial charge is 0.379 e. The van der Waals surface area contributed by atoms with Gasteiger partial charge in [-0.1, -0.05) is 30.3 Å². The Labute approximate surface area is 166 Å². The van der Waals surface area contributed by atoms with Crippen molar-refractivity contribution in [3.63, 3.8) is 0 Å². The minimum absolute atomic E-state index is 0.132. The summed E-state index contributed by atoms with van der Waals surface area (Å²) in [5.74, 6) is -0.356. The maximum absolute atomic E-state index is 12.3. The first-order chi connectivity index (χ1) is 14.2. The lowest BCUT2D eigenvalue weighted by Gasteiger charge is -2.03. The molecule has 1 heterocycles. The third-order valence-electron chi connectivity index (χ3n) is 4.20. The maximum Gasteiger partial charge on any atom is 0.379 e. The van der Waals surface area contributed by atoms with Crippen LogP contribution < -0.4 is 10.2 Å². The summed E-state index contributed by atoms with van der Waals surface area (Å²) in [5, 5.41) is 6.04.